The third-order valence-corrected chi connectivity index (χ3v) is 13.9. The van der Waals surface area contributed by atoms with Gasteiger partial charge in [-0.2, -0.15) is 6.20 Å². The lowest BCUT2D eigenvalue weighted by Crippen LogP contribution is -2.38. The molecule has 3 heterocycles. The molecule has 0 saturated heterocycles. The number of Topliss-reactive ketones (excluding diaryl/α,β-unsaturated/α-hetero) is 2. The van der Waals surface area contributed by atoms with Crippen molar-refractivity contribution in [2.45, 2.75) is 113 Å². The minimum Gasteiger partial charge on any atom is -0.664 e. The maximum atomic E-state index is 15.1. The predicted octanol–water partition coefficient (Wildman–Crippen LogP) is 9.65. The smallest absolute Gasteiger partial charge is 0.161 e. The molecular formula is C51H51N3O6-2. The average molecular weight is 802 g/mol. The Labute approximate surface area is 350 Å². The number of nitrogens with one attached hydrogen (secondary N) is 1. The highest BCUT2D eigenvalue weighted by Gasteiger charge is 2.43. The van der Waals surface area contributed by atoms with Gasteiger partial charge >= 0.3 is 0 Å². The van der Waals surface area contributed by atoms with E-state index in [4.69, 9.17) is 15.0 Å². The predicted molar refractivity (Wildman–Crippen MR) is 231 cm³/mol. The van der Waals surface area contributed by atoms with Crippen LogP contribution in [0, 0.1) is 5.92 Å². The zero-order valence-corrected chi connectivity index (χ0v) is 33.8. The Balaban J connectivity index is 1.05. The number of phenols is 2. The molecular weight excluding hydrogens is 751 g/mol. The molecule has 6 bridgehead atoms. The number of aromatic hydroxyl groups is 2. The highest BCUT2D eigenvalue weighted by molar-refractivity contribution is 6.02. The molecule has 2 aromatic heterocycles. The van der Waals surface area contributed by atoms with Gasteiger partial charge < -0.3 is 35.3 Å². The van der Waals surface area contributed by atoms with Gasteiger partial charge in [-0.15, -0.1) is 5.69 Å². The van der Waals surface area contributed by atoms with Crippen molar-refractivity contribution in [3.63, 3.8) is 0 Å². The van der Waals surface area contributed by atoms with Crippen LogP contribution in [0.4, 0.5) is 5.82 Å². The number of benzene rings is 3. The number of phenolic OH excluding ortho intramolecular Hbond substituents is 2. The molecule has 9 nitrogen and oxygen atoms in total. The molecule has 3 aromatic carbocycles. The highest BCUT2D eigenvalue weighted by Crippen LogP contribution is 2.51. The van der Waals surface area contributed by atoms with Crippen molar-refractivity contribution in [1.82, 2.24) is 9.97 Å². The Morgan fingerprint density at radius 2 is 1.72 bits per heavy atom. The summed E-state index contributed by atoms with van der Waals surface area (Å²) in [7, 11) is 0. The van der Waals surface area contributed by atoms with Gasteiger partial charge in [-0.1, -0.05) is 96.0 Å². The van der Waals surface area contributed by atoms with Gasteiger partial charge in [0.05, 0.1) is 18.1 Å². The zero-order valence-electron chi connectivity index (χ0n) is 33.8. The van der Waals surface area contributed by atoms with Gasteiger partial charge in [0.15, 0.2) is 11.5 Å². The van der Waals surface area contributed by atoms with E-state index in [9.17, 15) is 20.1 Å². The zero-order chi connectivity index (χ0) is 41.0. The number of hydrogen-bond acceptors (Lipinski definition) is 6. The molecule has 60 heavy (non-hydrogen) atoms. The third-order valence-electron chi connectivity index (χ3n) is 13.9. The maximum Gasteiger partial charge on any atom is 0.161 e. The summed E-state index contributed by atoms with van der Waals surface area (Å²) >= 11 is 0. The first-order chi connectivity index (χ1) is 29.2. The Bertz CT molecular complexity index is 2520. The number of aromatic amines is 1. The van der Waals surface area contributed by atoms with Gasteiger partial charge in [-0.25, -0.2) is 0 Å². The lowest BCUT2D eigenvalue weighted by atomic mass is 9.67. The van der Waals surface area contributed by atoms with E-state index >= 15 is 4.79 Å². The molecule has 0 spiro atoms. The topological polar surface area (TPSA) is 148 Å². The standard InChI is InChI=1S/C51H51N3O6/c55-35-12-11-31-25-34(49(58)47(26-31)60-36-8-1-2-9-36)24-30-5-3-7-33(23-30)37-13-14-43(54-50-40(37)18-22-53-50)41-28-44-39(17-21-52-44)42(48(41)46(57)27-35)29-51(59)19-15-32-6-4-10-45(56)38(32)16-20-51/h3-7,10,16-18,20-23,25-26,28,36-37,42-43,48,53,56,58-59H,1-2,8-9,11-15,19,24,27,29H2/q-2/t37-,42-,43-,48+,51-/m0/s1. The number of ketones is 2. The number of aromatic nitrogens is 2. The fourth-order valence-electron chi connectivity index (χ4n) is 10.8. The number of H-pyrrole nitrogens is 1. The molecule has 4 N–H and O–H groups in total. The molecule has 5 aromatic rings. The minimum atomic E-state index is -1.30. The Hall–Kier alpha value is -5.80. The van der Waals surface area contributed by atoms with Gasteiger partial charge in [0.25, 0.3) is 0 Å². The molecule has 0 amide bonds. The molecule has 0 unspecified atom stereocenters. The van der Waals surface area contributed by atoms with Crippen LogP contribution in [-0.4, -0.2) is 49.6 Å². The van der Waals surface area contributed by atoms with Crippen LogP contribution in [-0.2, 0) is 28.9 Å². The lowest BCUT2D eigenvalue weighted by molar-refractivity contribution is -0.129. The Morgan fingerprint density at radius 1 is 0.850 bits per heavy atom. The third kappa shape index (κ3) is 7.38. The number of hydrogen-bond donors (Lipinski definition) is 4. The van der Waals surface area contributed by atoms with E-state index in [2.05, 4.69) is 35.3 Å². The summed E-state index contributed by atoms with van der Waals surface area (Å²) in [4.78, 5) is 37.3. The van der Waals surface area contributed by atoms with E-state index in [-0.39, 0.29) is 60.4 Å². The first-order valence-electron chi connectivity index (χ1n) is 21.8. The first-order valence-corrected chi connectivity index (χ1v) is 21.8. The van der Waals surface area contributed by atoms with E-state index in [0.29, 0.717) is 43.4 Å². The van der Waals surface area contributed by atoms with Gasteiger partial charge in [-0.05, 0) is 116 Å². The van der Waals surface area contributed by atoms with E-state index in [1.807, 2.05) is 42.6 Å². The van der Waals surface area contributed by atoms with E-state index < -0.39 is 17.4 Å². The summed E-state index contributed by atoms with van der Waals surface area (Å²) in [6, 6.07) is 21.6. The van der Waals surface area contributed by atoms with Crippen molar-refractivity contribution in [3.8, 4) is 17.2 Å². The van der Waals surface area contributed by atoms with Crippen molar-refractivity contribution < 1.29 is 29.6 Å². The van der Waals surface area contributed by atoms with Crippen molar-refractivity contribution in [3.05, 3.63) is 146 Å². The number of carbonyl (C=O) groups is 2. The highest BCUT2D eigenvalue weighted by atomic mass is 16.5. The molecule has 1 fully saturated rings. The Kier molecular flexibility index (Phi) is 10.0. The number of fused-ring (bicyclic) bond motifs is 14. The fourth-order valence-corrected chi connectivity index (χ4v) is 10.8. The molecule has 5 aliphatic rings. The number of rotatable bonds is 4. The van der Waals surface area contributed by atoms with Crippen LogP contribution in [0.15, 0.2) is 90.8 Å². The second-order valence-electron chi connectivity index (χ2n) is 17.8. The SMILES string of the molecule is O=C1CCc2cc(c(O)c(OC3CCCC3)c2)Cc2cccc(c2)[C@@H]2CC[C@H]([N-]c3[nH]ccc32)C2=Cc3[n-]ccc3[C@H](C[C@@]3(O)C=Cc4c(O)cccc4CC3)[C@@H]2C(=O)C1. The fraction of sp³-hybridized carbons (Fsp3) is 0.373. The molecule has 1 aliphatic heterocycles. The number of aryl methyl sites for hydroxylation is 2. The molecule has 10 rings (SSSR count). The van der Waals surface area contributed by atoms with Crippen LogP contribution in [0.3, 0.4) is 0 Å². The average Bonchev–Trinajstić information content (AvgIpc) is 4.00. The van der Waals surface area contributed by atoms with Crippen molar-refractivity contribution >= 4 is 29.5 Å². The normalized spacial score (nSPS) is 25.4. The van der Waals surface area contributed by atoms with Crippen LogP contribution in [0.2, 0.25) is 0 Å². The Morgan fingerprint density at radius 3 is 2.60 bits per heavy atom. The second-order valence-corrected chi connectivity index (χ2v) is 17.8. The largest absolute Gasteiger partial charge is 0.664 e. The van der Waals surface area contributed by atoms with Crippen molar-refractivity contribution in [1.29, 1.82) is 0 Å². The summed E-state index contributed by atoms with van der Waals surface area (Å²) in [5.41, 5.74) is 7.79. The quantitative estimate of drug-likeness (QED) is 0.132. The van der Waals surface area contributed by atoms with Gasteiger partial charge in [0, 0.05) is 35.8 Å². The van der Waals surface area contributed by atoms with Crippen molar-refractivity contribution in [2.24, 2.45) is 5.92 Å². The molecule has 1 saturated carbocycles. The summed E-state index contributed by atoms with van der Waals surface area (Å²) in [5.74, 6) is 0.0351. The number of ether oxygens (including phenoxy) is 1. The summed E-state index contributed by atoms with van der Waals surface area (Å²) in [6.45, 7) is 0. The monoisotopic (exact) mass is 801 g/mol. The van der Waals surface area contributed by atoms with Crippen molar-refractivity contribution in [2.75, 3.05) is 0 Å². The maximum absolute atomic E-state index is 15.1. The van der Waals surface area contributed by atoms with Crippen LogP contribution >= 0.6 is 0 Å². The molecule has 5 atom stereocenters. The number of nitrogens with zero attached hydrogens (tertiary/aromatic N) is 2. The van der Waals surface area contributed by atoms with E-state index in [0.717, 1.165) is 88.1 Å². The molecule has 0 radical (unpaired) electrons. The van der Waals surface area contributed by atoms with Crippen LogP contribution in [0.25, 0.3) is 17.5 Å². The summed E-state index contributed by atoms with van der Waals surface area (Å²) < 4.78 is 6.43. The molecule has 308 valence electrons. The van der Waals surface area contributed by atoms with Crippen LogP contribution < -0.4 is 9.72 Å². The van der Waals surface area contributed by atoms with E-state index in [1.165, 1.54) is 0 Å². The summed E-state index contributed by atoms with van der Waals surface area (Å²) in [6.07, 6.45) is 16.9. The second kappa shape index (κ2) is 15.7. The molecule has 9 heteroatoms. The van der Waals surface area contributed by atoms with Crippen LogP contribution in [0.5, 0.6) is 17.2 Å². The molecule has 4 aliphatic carbocycles. The van der Waals surface area contributed by atoms with Gasteiger partial charge in [0.1, 0.15) is 17.3 Å². The number of carbonyl (C=O) groups excluding carboxylic acids is 2. The first kappa shape index (κ1) is 38.4. The number of aliphatic hydroxyl groups is 1. The summed E-state index contributed by atoms with van der Waals surface area (Å²) in [5, 5.41) is 40.1. The van der Waals surface area contributed by atoms with Crippen LogP contribution in [0.1, 0.15) is 126 Å². The van der Waals surface area contributed by atoms with Gasteiger partial charge in [-0.3, -0.25) is 9.59 Å². The van der Waals surface area contributed by atoms with E-state index in [1.54, 1.807) is 24.4 Å². The van der Waals surface area contributed by atoms with Gasteiger partial charge in [0.2, 0.25) is 0 Å². The lowest BCUT2D eigenvalue weighted by Gasteiger charge is -2.42. The minimum absolute atomic E-state index is 0.0261.